The summed E-state index contributed by atoms with van der Waals surface area (Å²) in [5.41, 5.74) is 2.97. The number of amides is 1. The van der Waals surface area contributed by atoms with Gasteiger partial charge in [0, 0.05) is 25.7 Å². The molecular weight excluding hydrogens is 506 g/mol. The minimum absolute atomic E-state index is 0.00604. The van der Waals surface area contributed by atoms with Crippen molar-refractivity contribution in [3.63, 3.8) is 0 Å². The van der Waals surface area contributed by atoms with Gasteiger partial charge in [0.05, 0.1) is 11.7 Å². The van der Waals surface area contributed by atoms with Gasteiger partial charge in [-0.15, -0.1) is 0 Å². The van der Waals surface area contributed by atoms with Gasteiger partial charge in [0.25, 0.3) is 0 Å². The van der Waals surface area contributed by atoms with E-state index >= 15 is 0 Å². The van der Waals surface area contributed by atoms with Crippen LogP contribution in [-0.4, -0.2) is 53.1 Å². The first-order chi connectivity index (χ1) is 18.0. The molecule has 37 heavy (non-hydrogen) atoms. The van der Waals surface area contributed by atoms with Crippen LogP contribution in [0.3, 0.4) is 0 Å². The zero-order chi connectivity index (χ0) is 25.7. The molecule has 0 unspecified atom stereocenters. The molecule has 0 saturated carbocycles. The van der Waals surface area contributed by atoms with E-state index in [1.165, 1.54) is 11.6 Å². The Balaban J connectivity index is 1.27. The van der Waals surface area contributed by atoms with E-state index in [-0.39, 0.29) is 23.3 Å². The van der Waals surface area contributed by atoms with Crippen LogP contribution in [0.2, 0.25) is 0 Å². The van der Waals surface area contributed by atoms with Crippen LogP contribution in [0, 0.1) is 0 Å². The number of fused-ring (bicyclic) bond motifs is 1. The number of nitrogens with zero attached hydrogens (tertiary/aromatic N) is 3. The van der Waals surface area contributed by atoms with Crippen LogP contribution in [-0.2, 0) is 27.8 Å². The zero-order valence-corrected chi connectivity index (χ0v) is 21.9. The van der Waals surface area contributed by atoms with Crippen molar-refractivity contribution in [1.82, 2.24) is 23.7 Å². The fourth-order valence-corrected chi connectivity index (χ4v) is 6.63. The van der Waals surface area contributed by atoms with Gasteiger partial charge in [-0.3, -0.25) is 9.69 Å². The third-order valence-electron chi connectivity index (χ3n) is 6.62. The number of carbonyl (C=O) groups excluding carboxylic acids is 1. The second kappa shape index (κ2) is 11.5. The number of rotatable bonds is 9. The molecule has 192 valence electrons. The molecular formula is C27H29N5O3S2. The molecule has 1 saturated heterocycles. The number of carbonyl (C=O) groups is 1. The van der Waals surface area contributed by atoms with Crippen molar-refractivity contribution in [3.8, 4) is 0 Å². The topological polar surface area (TPSA) is 104 Å². The van der Waals surface area contributed by atoms with Crippen molar-refractivity contribution < 1.29 is 13.2 Å². The van der Waals surface area contributed by atoms with Gasteiger partial charge in [0.15, 0.2) is 0 Å². The number of hydrogen-bond acceptors (Lipinski definition) is 7. The Morgan fingerprint density at radius 2 is 1.59 bits per heavy atom. The Labute approximate surface area is 221 Å². The normalized spacial score (nSPS) is 16.0. The van der Waals surface area contributed by atoms with Gasteiger partial charge in [-0.2, -0.15) is 13.5 Å². The molecule has 0 radical (unpaired) electrons. The van der Waals surface area contributed by atoms with E-state index in [1.807, 2.05) is 48.5 Å². The summed E-state index contributed by atoms with van der Waals surface area (Å²) in [7, 11) is -4.02. The highest BCUT2D eigenvalue weighted by atomic mass is 32.2. The van der Waals surface area contributed by atoms with Gasteiger partial charge in [0.2, 0.25) is 15.9 Å². The third-order valence-corrected chi connectivity index (χ3v) is 8.66. The lowest BCUT2D eigenvalue weighted by molar-refractivity contribution is -0.123. The number of nitrogens with one attached hydrogen (secondary N) is 2. The summed E-state index contributed by atoms with van der Waals surface area (Å²) < 4.78 is 37.7. The van der Waals surface area contributed by atoms with E-state index in [0.717, 1.165) is 49.8 Å². The number of benzene rings is 3. The molecule has 1 aliphatic rings. The van der Waals surface area contributed by atoms with Crippen molar-refractivity contribution in [1.29, 1.82) is 0 Å². The summed E-state index contributed by atoms with van der Waals surface area (Å²) >= 11 is 0.959. The largest absolute Gasteiger partial charge is 0.352 e. The standard InChI is InChI=1S/C27H29N5O3S2/c33-27(28-22-14-16-32(17-15-22)19-21-10-5-2-6-11-21)24(18-20-8-3-1-4-9-20)31-37(34,35)25-13-7-12-23-26(25)30-36-29-23/h1-13,22,24,31H,14-19H2,(H,28,33)/t24-/m1/s1. The van der Waals surface area contributed by atoms with E-state index < -0.39 is 16.1 Å². The second-order valence-electron chi connectivity index (χ2n) is 9.30. The number of likely N-dealkylation sites (tertiary alicyclic amines) is 1. The van der Waals surface area contributed by atoms with Gasteiger partial charge in [0.1, 0.15) is 22.0 Å². The summed E-state index contributed by atoms with van der Waals surface area (Å²) in [6.45, 7) is 2.62. The quantitative estimate of drug-likeness (QED) is 0.341. The number of hydrogen-bond donors (Lipinski definition) is 2. The van der Waals surface area contributed by atoms with Crippen LogP contribution < -0.4 is 10.0 Å². The Morgan fingerprint density at radius 3 is 2.30 bits per heavy atom. The molecule has 0 bridgehead atoms. The summed E-state index contributed by atoms with van der Waals surface area (Å²) in [5, 5.41) is 3.11. The highest BCUT2D eigenvalue weighted by molar-refractivity contribution is 7.89. The molecule has 0 spiro atoms. The fourth-order valence-electron chi connectivity index (χ4n) is 4.67. The maximum atomic E-state index is 13.4. The van der Waals surface area contributed by atoms with E-state index in [9.17, 15) is 13.2 Å². The molecule has 2 N–H and O–H groups in total. The molecule has 2 heterocycles. The lowest BCUT2D eigenvalue weighted by atomic mass is 10.0. The predicted octanol–water partition coefficient (Wildman–Crippen LogP) is 3.36. The highest BCUT2D eigenvalue weighted by Crippen LogP contribution is 2.22. The Kier molecular flexibility index (Phi) is 7.90. The molecule has 1 aliphatic heterocycles. The van der Waals surface area contributed by atoms with Gasteiger partial charge in [-0.25, -0.2) is 8.42 Å². The van der Waals surface area contributed by atoms with Crippen LogP contribution in [0.25, 0.3) is 11.0 Å². The van der Waals surface area contributed by atoms with Crippen LogP contribution in [0.15, 0.2) is 83.8 Å². The minimum Gasteiger partial charge on any atom is -0.352 e. The maximum Gasteiger partial charge on any atom is 0.243 e. The van der Waals surface area contributed by atoms with E-state index in [4.69, 9.17) is 0 Å². The number of piperidine rings is 1. The van der Waals surface area contributed by atoms with Crippen molar-refractivity contribution >= 4 is 38.7 Å². The molecule has 0 aliphatic carbocycles. The molecule has 1 aromatic heterocycles. The molecule has 4 aromatic rings. The third kappa shape index (κ3) is 6.40. The first-order valence-corrected chi connectivity index (χ1v) is 14.5. The molecule has 1 fully saturated rings. The van der Waals surface area contributed by atoms with Gasteiger partial charge in [-0.1, -0.05) is 66.7 Å². The van der Waals surface area contributed by atoms with Crippen LogP contribution in [0.4, 0.5) is 0 Å². The number of sulfonamides is 1. The van der Waals surface area contributed by atoms with Crippen molar-refractivity contribution in [3.05, 3.63) is 90.0 Å². The van der Waals surface area contributed by atoms with E-state index in [1.54, 1.807) is 12.1 Å². The van der Waals surface area contributed by atoms with Gasteiger partial charge >= 0.3 is 0 Å². The summed E-state index contributed by atoms with van der Waals surface area (Å²) in [6, 6.07) is 23.6. The Hall–Kier alpha value is -3.18. The van der Waals surface area contributed by atoms with Crippen molar-refractivity contribution in [2.24, 2.45) is 0 Å². The molecule has 1 atom stereocenters. The minimum atomic E-state index is -4.02. The lowest BCUT2D eigenvalue weighted by Crippen LogP contribution is -2.52. The average Bonchev–Trinajstić information content (AvgIpc) is 3.40. The summed E-state index contributed by atoms with van der Waals surface area (Å²) in [5.74, 6) is -0.322. The van der Waals surface area contributed by atoms with E-state index in [0.29, 0.717) is 11.0 Å². The predicted molar refractivity (Wildman–Crippen MR) is 145 cm³/mol. The molecule has 10 heteroatoms. The van der Waals surface area contributed by atoms with Crippen LogP contribution in [0.5, 0.6) is 0 Å². The van der Waals surface area contributed by atoms with Gasteiger partial charge < -0.3 is 5.32 Å². The maximum absolute atomic E-state index is 13.4. The average molecular weight is 536 g/mol. The summed E-state index contributed by atoms with van der Waals surface area (Å²) in [6.07, 6.45) is 1.87. The zero-order valence-electron chi connectivity index (χ0n) is 20.3. The fraction of sp³-hybridized carbons (Fsp3) is 0.296. The molecule has 8 nitrogen and oxygen atoms in total. The Bertz CT molecular complexity index is 1440. The monoisotopic (exact) mass is 535 g/mol. The Morgan fingerprint density at radius 1 is 0.919 bits per heavy atom. The van der Waals surface area contributed by atoms with Gasteiger partial charge in [-0.05, 0) is 42.5 Å². The number of aromatic nitrogens is 2. The first kappa shape index (κ1) is 25.5. The van der Waals surface area contributed by atoms with E-state index in [2.05, 4.69) is 35.8 Å². The van der Waals surface area contributed by atoms with Crippen LogP contribution in [0.1, 0.15) is 24.0 Å². The first-order valence-electron chi connectivity index (χ1n) is 12.3. The molecule has 3 aromatic carbocycles. The van der Waals surface area contributed by atoms with Crippen molar-refractivity contribution in [2.45, 2.75) is 42.8 Å². The highest BCUT2D eigenvalue weighted by Gasteiger charge is 2.30. The van der Waals surface area contributed by atoms with Crippen LogP contribution >= 0.6 is 11.7 Å². The summed E-state index contributed by atoms with van der Waals surface area (Å²) in [4.78, 5) is 15.8. The SMILES string of the molecule is O=C(NC1CCN(Cc2ccccc2)CC1)[C@@H](Cc1ccccc1)NS(=O)(=O)c1cccc2nsnc12. The molecule has 1 amide bonds. The van der Waals surface area contributed by atoms with Crippen molar-refractivity contribution in [2.75, 3.05) is 13.1 Å². The molecule has 5 rings (SSSR count). The smallest absolute Gasteiger partial charge is 0.243 e. The lowest BCUT2D eigenvalue weighted by Gasteiger charge is -2.33. The second-order valence-corrected chi connectivity index (χ2v) is 11.5.